The third-order valence-electron chi connectivity index (χ3n) is 3.93. The van der Waals surface area contributed by atoms with E-state index in [1.807, 2.05) is 0 Å². The molecule has 0 spiro atoms. The molecule has 0 bridgehead atoms. The van der Waals surface area contributed by atoms with E-state index in [1.54, 1.807) is 7.11 Å². The van der Waals surface area contributed by atoms with Crippen LogP contribution >= 0.6 is 0 Å². The Hall–Kier alpha value is -1.02. The van der Waals surface area contributed by atoms with E-state index in [0.29, 0.717) is 5.41 Å². The van der Waals surface area contributed by atoms with Crippen molar-refractivity contribution in [3.05, 3.63) is 29.3 Å². The van der Waals surface area contributed by atoms with Crippen LogP contribution in [-0.4, -0.2) is 13.7 Å². The first-order valence-corrected chi connectivity index (χ1v) is 8.07. The summed E-state index contributed by atoms with van der Waals surface area (Å²) < 4.78 is 5.51. The zero-order chi connectivity index (χ0) is 16.1. The topological polar surface area (TPSA) is 35.2 Å². The number of aryl methyl sites for hydroxylation is 1. The Morgan fingerprint density at radius 2 is 1.71 bits per heavy atom. The fourth-order valence-corrected chi connectivity index (χ4v) is 3.28. The lowest BCUT2D eigenvalue weighted by Gasteiger charge is -2.33. The predicted molar refractivity (Wildman–Crippen MR) is 92.1 cm³/mol. The molecule has 2 nitrogen and oxygen atoms in total. The van der Waals surface area contributed by atoms with Crippen molar-refractivity contribution in [1.29, 1.82) is 0 Å². The minimum absolute atomic E-state index is 0.174. The molecule has 0 amide bonds. The quantitative estimate of drug-likeness (QED) is 0.740. The number of unbranched alkanes of at least 4 members (excludes halogenated alkanes) is 1. The third-order valence-corrected chi connectivity index (χ3v) is 3.93. The fourth-order valence-electron chi connectivity index (χ4n) is 3.28. The average molecular weight is 291 g/mol. The van der Waals surface area contributed by atoms with Crippen molar-refractivity contribution in [2.75, 3.05) is 13.7 Å². The number of benzene rings is 1. The second-order valence-electron chi connectivity index (χ2n) is 7.89. The first-order chi connectivity index (χ1) is 9.69. The van der Waals surface area contributed by atoms with E-state index in [-0.39, 0.29) is 5.41 Å². The van der Waals surface area contributed by atoms with E-state index >= 15 is 0 Å². The van der Waals surface area contributed by atoms with Crippen molar-refractivity contribution in [2.45, 2.75) is 65.7 Å². The zero-order valence-electron chi connectivity index (χ0n) is 14.8. The van der Waals surface area contributed by atoms with Crippen LogP contribution in [0, 0.1) is 5.41 Å². The maximum absolute atomic E-state index is 5.60. The number of hydrogen-bond donors (Lipinski definition) is 1. The Bertz CT molecular complexity index is 443. The first-order valence-electron chi connectivity index (χ1n) is 8.07. The van der Waals surface area contributed by atoms with E-state index in [9.17, 15) is 0 Å². The molecule has 2 heteroatoms. The molecule has 0 atom stereocenters. The van der Waals surface area contributed by atoms with Gasteiger partial charge in [-0.2, -0.15) is 0 Å². The van der Waals surface area contributed by atoms with Crippen LogP contribution in [0.2, 0.25) is 0 Å². The number of hydrogen-bond acceptors (Lipinski definition) is 2. The van der Waals surface area contributed by atoms with Gasteiger partial charge in [-0.15, -0.1) is 0 Å². The molecule has 0 unspecified atom stereocenters. The Morgan fingerprint density at radius 1 is 1.05 bits per heavy atom. The highest BCUT2D eigenvalue weighted by atomic mass is 16.5. The standard InChI is InChI=1S/C19H33NO/c1-18(2,3)14-19(4,5)16-10-11-17(21-6)15(13-16)9-7-8-12-20/h10-11,13H,7-9,12,14,20H2,1-6H3. The molecule has 120 valence electrons. The highest BCUT2D eigenvalue weighted by molar-refractivity contribution is 5.40. The zero-order valence-corrected chi connectivity index (χ0v) is 14.8. The largest absolute Gasteiger partial charge is 0.496 e. The highest BCUT2D eigenvalue weighted by Gasteiger charge is 2.27. The molecule has 1 rings (SSSR count). The van der Waals surface area contributed by atoms with Gasteiger partial charge in [-0.05, 0) is 60.3 Å². The summed E-state index contributed by atoms with van der Waals surface area (Å²) >= 11 is 0. The molecule has 0 aliphatic rings. The Balaban J connectivity index is 3.00. The molecule has 1 aromatic carbocycles. The Kier molecular flexibility index (Phi) is 6.27. The minimum atomic E-state index is 0.174. The second-order valence-corrected chi connectivity index (χ2v) is 7.89. The van der Waals surface area contributed by atoms with Gasteiger partial charge in [-0.1, -0.05) is 46.8 Å². The Labute approximate surface area is 131 Å². The lowest BCUT2D eigenvalue weighted by Crippen LogP contribution is -2.25. The van der Waals surface area contributed by atoms with Crippen LogP contribution in [0.25, 0.3) is 0 Å². The smallest absolute Gasteiger partial charge is 0.122 e. The van der Waals surface area contributed by atoms with Crippen molar-refractivity contribution in [1.82, 2.24) is 0 Å². The number of rotatable bonds is 7. The molecule has 0 heterocycles. The van der Waals surface area contributed by atoms with E-state index in [2.05, 4.69) is 52.8 Å². The van der Waals surface area contributed by atoms with Crippen LogP contribution in [-0.2, 0) is 11.8 Å². The lowest BCUT2D eigenvalue weighted by atomic mass is 9.72. The van der Waals surface area contributed by atoms with E-state index in [1.165, 1.54) is 11.1 Å². The van der Waals surface area contributed by atoms with Crippen molar-refractivity contribution in [2.24, 2.45) is 11.1 Å². The normalized spacial score (nSPS) is 12.5. The van der Waals surface area contributed by atoms with Gasteiger partial charge in [-0.25, -0.2) is 0 Å². The first kappa shape index (κ1) is 18.0. The molecule has 1 aromatic rings. The van der Waals surface area contributed by atoms with E-state index < -0.39 is 0 Å². The summed E-state index contributed by atoms with van der Waals surface area (Å²) in [5.74, 6) is 1.00. The van der Waals surface area contributed by atoms with Gasteiger partial charge >= 0.3 is 0 Å². The molecule has 0 saturated heterocycles. The molecule has 0 aliphatic heterocycles. The molecular formula is C19H33NO. The van der Waals surface area contributed by atoms with Crippen LogP contribution < -0.4 is 10.5 Å². The van der Waals surface area contributed by atoms with Gasteiger partial charge in [-0.3, -0.25) is 0 Å². The molecular weight excluding hydrogens is 258 g/mol. The van der Waals surface area contributed by atoms with Crippen LogP contribution in [0.15, 0.2) is 18.2 Å². The third kappa shape index (κ3) is 5.70. The summed E-state index contributed by atoms with van der Waals surface area (Å²) in [6.07, 6.45) is 4.39. The molecule has 2 N–H and O–H groups in total. The molecule has 0 aliphatic carbocycles. The Morgan fingerprint density at radius 3 is 2.24 bits per heavy atom. The van der Waals surface area contributed by atoms with Crippen LogP contribution in [0.1, 0.15) is 65.0 Å². The summed E-state index contributed by atoms with van der Waals surface area (Å²) in [5.41, 5.74) is 8.81. The summed E-state index contributed by atoms with van der Waals surface area (Å²) in [5, 5.41) is 0. The van der Waals surface area contributed by atoms with Gasteiger partial charge in [0.15, 0.2) is 0 Å². The van der Waals surface area contributed by atoms with E-state index in [0.717, 1.165) is 38.0 Å². The van der Waals surface area contributed by atoms with Gasteiger partial charge in [0.25, 0.3) is 0 Å². The van der Waals surface area contributed by atoms with Crippen molar-refractivity contribution >= 4 is 0 Å². The van der Waals surface area contributed by atoms with Gasteiger partial charge in [0.2, 0.25) is 0 Å². The van der Waals surface area contributed by atoms with Crippen molar-refractivity contribution in [3.8, 4) is 5.75 Å². The van der Waals surface area contributed by atoms with Gasteiger partial charge < -0.3 is 10.5 Å². The maximum atomic E-state index is 5.60. The second kappa shape index (κ2) is 7.31. The summed E-state index contributed by atoms with van der Waals surface area (Å²) in [6.45, 7) is 12.4. The van der Waals surface area contributed by atoms with Crippen LogP contribution in [0.3, 0.4) is 0 Å². The van der Waals surface area contributed by atoms with Gasteiger partial charge in [0.05, 0.1) is 7.11 Å². The number of ether oxygens (including phenoxy) is 1. The number of methoxy groups -OCH3 is 1. The minimum Gasteiger partial charge on any atom is -0.496 e. The van der Waals surface area contributed by atoms with Crippen molar-refractivity contribution < 1.29 is 4.74 Å². The van der Waals surface area contributed by atoms with Gasteiger partial charge in [0.1, 0.15) is 5.75 Å². The van der Waals surface area contributed by atoms with Crippen molar-refractivity contribution in [3.63, 3.8) is 0 Å². The van der Waals surface area contributed by atoms with Crippen LogP contribution in [0.5, 0.6) is 5.75 Å². The lowest BCUT2D eigenvalue weighted by molar-refractivity contribution is 0.284. The van der Waals surface area contributed by atoms with E-state index in [4.69, 9.17) is 10.5 Å². The molecule has 0 saturated carbocycles. The SMILES string of the molecule is COc1ccc(C(C)(C)CC(C)(C)C)cc1CCCCN. The molecule has 0 fully saturated rings. The monoisotopic (exact) mass is 291 g/mol. The maximum Gasteiger partial charge on any atom is 0.122 e. The average Bonchev–Trinajstić information content (AvgIpc) is 2.36. The highest BCUT2D eigenvalue weighted by Crippen LogP contribution is 2.37. The molecule has 21 heavy (non-hydrogen) atoms. The summed E-state index contributed by atoms with van der Waals surface area (Å²) in [4.78, 5) is 0. The summed E-state index contributed by atoms with van der Waals surface area (Å²) in [7, 11) is 1.75. The fraction of sp³-hybridized carbons (Fsp3) is 0.684. The molecule has 0 radical (unpaired) electrons. The summed E-state index contributed by atoms with van der Waals surface area (Å²) in [6, 6.07) is 6.68. The predicted octanol–water partition coefficient (Wildman–Crippen LogP) is 4.69. The number of nitrogens with two attached hydrogens (primary N) is 1. The molecule has 0 aromatic heterocycles. The van der Waals surface area contributed by atoms with Crippen LogP contribution in [0.4, 0.5) is 0 Å². The van der Waals surface area contributed by atoms with Gasteiger partial charge in [0, 0.05) is 0 Å².